The van der Waals surface area contributed by atoms with Gasteiger partial charge in [-0.25, -0.2) is 0 Å². The lowest BCUT2D eigenvalue weighted by Crippen LogP contribution is -2.71. The first-order valence-electron chi connectivity index (χ1n) is 9.01. The first-order chi connectivity index (χ1) is 11.6. The minimum Gasteiger partial charge on any atom is -0.459 e. The highest BCUT2D eigenvalue weighted by Gasteiger charge is 2.74. The Morgan fingerprint density at radius 1 is 1.16 bits per heavy atom. The lowest BCUT2D eigenvalue weighted by Gasteiger charge is -2.64. The maximum absolute atomic E-state index is 13.2. The van der Waals surface area contributed by atoms with Crippen molar-refractivity contribution in [3.8, 4) is 0 Å². The Morgan fingerprint density at radius 3 is 2.44 bits per heavy atom. The van der Waals surface area contributed by atoms with Crippen LogP contribution in [0.15, 0.2) is 12.2 Å². The molecule has 0 unspecified atom stereocenters. The fraction of sp³-hybridized carbons (Fsp3) is 0.789. The maximum atomic E-state index is 13.2. The van der Waals surface area contributed by atoms with Gasteiger partial charge < -0.3 is 20.1 Å². The zero-order valence-corrected chi connectivity index (χ0v) is 14.8. The number of ether oxygens (including phenoxy) is 1. The monoisotopic (exact) mass is 350 g/mol. The predicted octanol–water partition coefficient (Wildman–Crippen LogP) is 0.438. The highest BCUT2D eigenvalue weighted by molar-refractivity contribution is 5.93. The first kappa shape index (κ1) is 17.2. The van der Waals surface area contributed by atoms with Crippen molar-refractivity contribution < 1.29 is 29.6 Å². The number of rotatable bonds is 0. The molecule has 25 heavy (non-hydrogen) atoms. The molecule has 4 aliphatic rings. The Bertz CT molecular complexity index is 673. The SMILES string of the molecule is C=C1C[C@H](O)[C@@H](O)[C@@]2(C)[C@H]1CC(=O)[C@@]1(C)[C@H]3C(=O)O[C@H]([C@@H]3C)[C@H](O)[C@@H]12. The summed E-state index contributed by atoms with van der Waals surface area (Å²) in [4.78, 5) is 25.7. The summed E-state index contributed by atoms with van der Waals surface area (Å²) < 4.78 is 5.42. The average molecular weight is 350 g/mol. The summed E-state index contributed by atoms with van der Waals surface area (Å²) in [6.45, 7) is 9.40. The second-order valence-corrected chi connectivity index (χ2v) is 8.91. The minimum absolute atomic E-state index is 0.0853. The van der Waals surface area contributed by atoms with Gasteiger partial charge in [0, 0.05) is 29.1 Å². The molecule has 3 aliphatic carbocycles. The summed E-state index contributed by atoms with van der Waals surface area (Å²) >= 11 is 0. The van der Waals surface area contributed by atoms with E-state index in [0.29, 0.717) is 0 Å². The van der Waals surface area contributed by atoms with Crippen LogP contribution >= 0.6 is 0 Å². The Labute approximate surface area is 146 Å². The van der Waals surface area contributed by atoms with Crippen LogP contribution in [0.2, 0.25) is 0 Å². The number of fused-ring (bicyclic) bond motifs is 6. The minimum atomic E-state index is -1.12. The fourth-order valence-corrected chi connectivity index (χ4v) is 6.74. The van der Waals surface area contributed by atoms with Gasteiger partial charge in [0.25, 0.3) is 0 Å². The number of hydrogen-bond donors (Lipinski definition) is 3. The van der Waals surface area contributed by atoms with E-state index in [0.717, 1.165) is 5.57 Å². The molecular weight excluding hydrogens is 324 g/mol. The summed E-state index contributed by atoms with van der Waals surface area (Å²) in [5.74, 6) is -2.42. The molecule has 0 spiro atoms. The van der Waals surface area contributed by atoms with E-state index >= 15 is 0 Å². The molecule has 0 radical (unpaired) electrons. The molecule has 0 aromatic rings. The van der Waals surface area contributed by atoms with E-state index in [9.17, 15) is 24.9 Å². The number of hydrogen-bond acceptors (Lipinski definition) is 6. The molecular formula is C19H26O6. The molecule has 0 aromatic carbocycles. The Morgan fingerprint density at radius 2 is 1.80 bits per heavy atom. The van der Waals surface area contributed by atoms with E-state index in [2.05, 4.69) is 6.58 Å². The topological polar surface area (TPSA) is 104 Å². The van der Waals surface area contributed by atoms with E-state index in [1.165, 1.54) is 0 Å². The van der Waals surface area contributed by atoms with Crippen LogP contribution < -0.4 is 0 Å². The second-order valence-electron chi connectivity index (χ2n) is 8.91. The molecule has 4 rings (SSSR count). The third kappa shape index (κ3) is 1.76. The molecule has 1 saturated heterocycles. The van der Waals surface area contributed by atoms with Gasteiger partial charge in [-0.05, 0) is 12.3 Å². The number of aliphatic hydroxyl groups is 3. The van der Waals surface area contributed by atoms with E-state index in [1.807, 2.05) is 13.8 Å². The number of Topliss-reactive ketones (excluding diaryl/α,β-unsaturated/α-hetero) is 1. The number of ketones is 1. The second kappa shape index (κ2) is 4.93. The van der Waals surface area contributed by atoms with E-state index < -0.39 is 53.1 Å². The third-order valence-corrected chi connectivity index (χ3v) is 7.90. The van der Waals surface area contributed by atoms with Crippen LogP contribution in [0.3, 0.4) is 0 Å². The fourth-order valence-electron chi connectivity index (χ4n) is 6.74. The molecule has 0 aromatic heterocycles. The zero-order valence-electron chi connectivity index (χ0n) is 14.8. The molecule has 1 aliphatic heterocycles. The van der Waals surface area contributed by atoms with Crippen LogP contribution in [-0.4, -0.2) is 51.5 Å². The molecule has 3 N–H and O–H groups in total. The lowest BCUT2D eigenvalue weighted by atomic mass is 9.39. The molecule has 3 saturated carbocycles. The summed E-state index contributed by atoms with van der Waals surface area (Å²) in [7, 11) is 0. The molecule has 138 valence electrons. The van der Waals surface area contributed by atoms with Crippen molar-refractivity contribution in [3.63, 3.8) is 0 Å². The molecule has 6 heteroatoms. The largest absolute Gasteiger partial charge is 0.459 e. The Balaban J connectivity index is 1.93. The Hall–Kier alpha value is -1.24. The zero-order chi connectivity index (χ0) is 18.5. The van der Waals surface area contributed by atoms with Gasteiger partial charge in [-0.3, -0.25) is 9.59 Å². The summed E-state index contributed by atoms with van der Waals surface area (Å²) in [6.07, 6.45) is -3.43. The Kier molecular flexibility index (Phi) is 3.39. The lowest BCUT2D eigenvalue weighted by molar-refractivity contribution is -0.226. The number of aliphatic hydroxyl groups excluding tert-OH is 3. The molecule has 1 heterocycles. The normalized spacial score (nSPS) is 57.8. The smallest absolute Gasteiger partial charge is 0.310 e. The van der Waals surface area contributed by atoms with Gasteiger partial charge in [-0.2, -0.15) is 0 Å². The van der Waals surface area contributed by atoms with Crippen molar-refractivity contribution in [3.05, 3.63) is 12.2 Å². The molecule has 4 fully saturated rings. The van der Waals surface area contributed by atoms with Crippen molar-refractivity contribution >= 4 is 11.8 Å². The highest BCUT2D eigenvalue weighted by atomic mass is 16.6. The van der Waals surface area contributed by atoms with Gasteiger partial charge >= 0.3 is 5.97 Å². The molecule has 2 bridgehead atoms. The van der Waals surface area contributed by atoms with Gasteiger partial charge in [0.1, 0.15) is 11.9 Å². The van der Waals surface area contributed by atoms with Crippen molar-refractivity contribution in [1.29, 1.82) is 0 Å². The van der Waals surface area contributed by atoms with Crippen LogP contribution in [0, 0.1) is 34.5 Å². The van der Waals surface area contributed by atoms with Gasteiger partial charge in [0.15, 0.2) is 0 Å². The summed E-state index contributed by atoms with van der Waals surface area (Å²) in [5, 5.41) is 32.4. The van der Waals surface area contributed by atoms with E-state index in [4.69, 9.17) is 4.74 Å². The standard InChI is InChI=1S/C19H26O6/c1-7-5-10(20)16(23)18(3)9(7)6-11(21)19(4)12-8(2)14(25-17(12)24)13(22)15(18)19/h8-10,12-16,20,22-23H,1,5-6H2,2-4H3/t8-,9+,10+,12-,13+,14-,15-,16-,18+,19+/m1/s1. The van der Waals surface area contributed by atoms with Crippen molar-refractivity contribution in [2.24, 2.45) is 34.5 Å². The average Bonchev–Trinajstić information content (AvgIpc) is 2.78. The molecule has 10 atom stereocenters. The highest BCUT2D eigenvalue weighted by Crippen LogP contribution is 2.67. The van der Waals surface area contributed by atoms with Gasteiger partial charge in [0.2, 0.25) is 0 Å². The van der Waals surface area contributed by atoms with Crippen molar-refractivity contribution in [1.82, 2.24) is 0 Å². The van der Waals surface area contributed by atoms with E-state index in [1.54, 1.807) is 6.92 Å². The maximum Gasteiger partial charge on any atom is 0.310 e. The van der Waals surface area contributed by atoms with Crippen molar-refractivity contribution in [2.45, 2.75) is 58.0 Å². The van der Waals surface area contributed by atoms with Crippen LogP contribution in [0.25, 0.3) is 0 Å². The first-order valence-corrected chi connectivity index (χ1v) is 9.01. The number of carbonyl (C=O) groups excluding carboxylic acids is 2. The molecule has 6 nitrogen and oxygen atoms in total. The van der Waals surface area contributed by atoms with Crippen LogP contribution in [-0.2, 0) is 14.3 Å². The van der Waals surface area contributed by atoms with Crippen molar-refractivity contribution in [2.75, 3.05) is 0 Å². The van der Waals surface area contributed by atoms with Crippen LogP contribution in [0.1, 0.15) is 33.6 Å². The quantitative estimate of drug-likeness (QED) is 0.433. The van der Waals surface area contributed by atoms with Gasteiger partial charge in [-0.15, -0.1) is 0 Å². The number of carbonyl (C=O) groups is 2. The van der Waals surface area contributed by atoms with E-state index in [-0.39, 0.29) is 30.5 Å². The predicted molar refractivity (Wildman–Crippen MR) is 87.1 cm³/mol. The van der Waals surface area contributed by atoms with Gasteiger partial charge in [0.05, 0.1) is 24.2 Å². The van der Waals surface area contributed by atoms with Crippen LogP contribution in [0.5, 0.6) is 0 Å². The summed E-state index contributed by atoms with van der Waals surface area (Å²) in [5.41, 5.74) is -1.34. The third-order valence-electron chi connectivity index (χ3n) is 7.90. The summed E-state index contributed by atoms with van der Waals surface area (Å²) in [6, 6.07) is 0. The number of esters is 1. The molecule has 0 amide bonds. The van der Waals surface area contributed by atoms with Crippen LogP contribution in [0.4, 0.5) is 0 Å². The van der Waals surface area contributed by atoms with Gasteiger partial charge in [-0.1, -0.05) is 32.9 Å².